The lowest BCUT2D eigenvalue weighted by Crippen LogP contribution is -2.32. The largest absolute Gasteiger partial charge is 0.423 e. The van der Waals surface area contributed by atoms with Gasteiger partial charge in [-0.25, -0.2) is 15.0 Å². The van der Waals surface area contributed by atoms with E-state index in [-0.39, 0.29) is 33.3 Å². The van der Waals surface area contributed by atoms with Crippen LogP contribution in [0.4, 0.5) is 5.69 Å². The highest BCUT2D eigenvalue weighted by Gasteiger charge is 2.16. The molecule has 39 heavy (non-hydrogen) atoms. The lowest BCUT2D eigenvalue weighted by atomic mass is 10.2. The number of ether oxygens (including phenoxy) is 2. The first-order chi connectivity index (χ1) is 18.9. The Morgan fingerprint density at radius 2 is 1.28 bits per heavy atom. The van der Waals surface area contributed by atoms with Gasteiger partial charge in [-0.05, 0) is 48.5 Å². The molecule has 4 aromatic rings. The van der Waals surface area contributed by atoms with E-state index < -0.39 is 23.8 Å². The molecule has 0 heterocycles. The Morgan fingerprint density at radius 3 is 1.92 bits per heavy atom. The van der Waals surface area contributed by atoms with Crippen molar-refractivity contribution in [3.8, 4) is 11.5 Å². The molecule has 0 unspecified atom stereocenters. The van der Waals surface area contributed by atoms with Gasteiger partial charge in [-0.1, -0.05) is 60.1 Å². The summed E-state index contributed by atoms with van der Waals surface area (Å²) in [5.41, 5.74) is 3.24. The topological polar surface area (TPSA) is 123 Å². The number of anilines is 1. The van der Waals surface area contributed by atoms with Crippen LogP contribution >= 0.6 is 11.6 Å². The van der Waals surface area contributed by atoms with Crippen LogP contribution in [0.1, 0.15) is 26.3 Å². The third-order valence-corrected chi connectivity index (χ3v) is 5.44. The average molecular weight is 542 g/mol. The van der Waals surface area contributed by atoms with E-state index in [0.29, 0.717) is 5.56 Å². The maximum Gasteiger partial charge on any atom is 0.343 e. The zero-order valence-electron chi connectivity index (χ0n) is 20.2. The molecular formula is C29H20ClN3O6. The van der Waals surface area contributed by atoms with Crippen molar-refractivity contribution in [2.45, 2.75) is 0 Å². The third-order valence-electron chi connectivity index (χ3n) is 5.12. The number of carbonyl (C=O) groups is 4. The Morgan fingerprint density at radius 1 is 0.692 bits per heavy atom. The average Bonchev–Trinajstić information content (AvgIpc) is 2.96. The first kappa shape index (κ1) is 26.8. The first-order valence-corrected chi connectivity index (χ1v) is 11.9. The Labute approximate surface area is 228 Å². The van der Waals surface area contributed by atoms with Crippen molar-refractivity contribution in [1.82, 2.24) is 5.43 Å². The molecule has 0 bridgehead atoms. The number of hydrogen-bond acceptors (Lipinski definition) is 7. The molecule has 9 nitrogen and oxygen atoms in total. The summed E-state index contributed by atoms with van der Waals surface area (Å²) in [6.45, 7) is 0. The van der Waals surface area contributed by atoms with Crippen molar-refractivity contribution >= 4 is 47.3 Å². The van der Waals surface area contributed by atoms with Crippen LogP contribution in [-0.4, -0.2) is 30.0 Å². The lowest BCUT2D eigenvalue weighted by Gasteiger charge is -2.10. The fraction of sp³-hybridized carbons (Fsp3) is 0. The van der Waals surface area contributed by atoms with Gasteiger partial charge in [-0.15, -0.1) is 0 Å². The SMILES string of the molecule is O=C(N/N=C\c1ccc(OC(=O)c2ccccc2)cc1OC(=O)c1ccccc1)C(=O)Nc1ccccc1Cl. The fourth-order valence-corrected chi connectivity index (χ4v) is 3.38. The smallest absolute Gasteiger partial charge is 0.343 e. The van der Waals surface area contributed by atoms with Crippen LogP contribution < -0.4 is 20.2 Å². The number of nitrogens with zero attached hydrogens (tertiary/aromatic N) is 1. The van der Waals surface area contributed by atoms with Crippen molar-refractivity contribution in [2.75, 3.05) is 5.32 Å². The number of hydrogen-bond donors (Lipinski definition) is 2. The van der Waals surface area contributed by atoms with Gasteiger partial charge < -0.3 is 14.8 Å². The molecule has 4 aromatic carbocycles. The molecule has 194 valence electrons. The van der Waals surface area contributed by atoms with Gasteiger partial charge in [-0.2, -0.15) is 5.10 Å². The van der Waals surface area contributed by atoms with E-state index in [1.807, 2.05) is 0 Å². The molecule has 0 spiro atoms. The van der Waals surface area contributed by atoms with Crippen LogP contribution in [0.5, 0.6) is 11.5 Å². The van der Waals surface area contributed by atoms with E-state index in [9.17, 15) is 19.2 Å². The van der Waals surface area contributed by atoms with Crippen LogP contribution in [0.2, 0.25) is 5.02 Å². The number of esters is 2. The van der Waals surface area contributed by atoms with Crippen LogP contribution in [0, 0.1) is 0 Å². The van der Waals surface area contributed by atoms with E-state index in [4.69, 9.17) is 21.1 Å². The Bertz CT molecular complexity index is 1540. The monoisotopic (exact) mass is 541 g/mol. The van der Waals surface area contributed by atoms with Gasteiger partial charge in [0.2, 0.25) is 0 Å². The molecule has 0 atom stereocenters. The Kier molecular flexibility index (Phi) is 8.79. The van der Waals surface area contributed by atoms with Crippen molar-refractivity contribution in [1.29, 1.82) is 0 Å². The van der Waals surface area contributed by atoms with E-state index in [1.165, 1.54) is 30.5 Å². The molecule has 0 aromatic heterocycles. The van der Waals surface area contributed by atoms with E-state index in [1.54, 1.807) is 78.9 Å². The maximum atomic E-state index is 12.7. The summed E-state index contributed by atoms with van der Waals surface area (Å²) >= 11 is 5.99. The second-order valence-corrected chi connectivity index (χ2v) is 8.25. The number of amides is 2. The fourth-order valence-electron chi connectivity index (χ4n) is 3.20. The standard InChI is InChI=1S/C29H20ClN3O6/c30-23-13-7-8-14-24(23)32-26(34)27(35)33-31-18-21-15-16-22(38-28(36)19-9-3-1-4-10-19)17-25(21)39-29(37)20-11-5-2-6-12-20/h1-18H,(H,32,34)(H,33,35)/b31-18-. The summed E-state index contributed by atoms with van der Waals surface area (Å²) in [5.74, 6) is -3.20. The highest BCUT2D eigenvalue weighted by Crippen LogP contribution is 2.26. The van der Waals surface area contributed by atoms with Gasteiger partial charge in [0.1, 0.15) is 11.5 Å². The molecule has 0 radical (unpaired) electrons. The predicted octanol–water partition coefficient (Wildman–Crippen LogP) is 4.87. The number of benzene rings is 4. The number of carbonyl (C=O) groups excluding carboxylic acids is 4. The van der Waals surface area contributed by atoms with Crippen LogP contribution in [0.15, 0.2) is 108 Å². The second-order valence-electron chi connectivity index (χ2n) is 7.84. The number of hydrazone groups is 1. The summed E-state index contributed by atoms with van der Waals surface area (Å²) in [6.07, 6.45) is 1.18. The summed E-state index contributed by atoms with van der Waals surface area (Å²) < 4.78 is 10.9. The van der Waals surface area contributed by atoms with Crippen molar-refractivity contribution in [3.05, 3.63) is 125 Å². The number of halogens is 1. The van der Waals surface area contributed by atoms with Gasteiger partial charge in [-0.3, -0.25) is 9.59 Å². The summed E-state index contributed by atoms with van der Waals surface area (Å²) in [5, 5.41) is 6.43. The normalized spacial score (nSPS) is 10.5. The van der Waals surface area contributed by atoms with Crippen LogP contribution in [0.3, 0.4) is 0 Å². The van der Waals surface area contributed by atoms with E-state index in [0.717, 1.165) is 0 Å². The number of rotatable bonds is 7. The number of nitrogens with one attached hydrogen (secondary N) is 2. The predicted molar refractivity (Wildman–Crippen MR) is 145 cm³/mol. The van der Waals surface area contributed by atoms with Crippen LogP contribution in [-0.2, 0) is 9.59 Å². The van der Waals surface area contributed by atoms with Crippen LogP contribution in [0.25, 0.3) is 0 Å². The first-order valence-electron chi connectivity index (χ1n) is 11.5. The van der Waals surface area contributed by atoms with Crippen molar-refractivity contribution in [3.63, 3.8) is 0 Å². The molecule has 0 saturated carbocycles. The lowest BCUT2D eigenvalue weighted by molar-refractivity contribution is -0.136. The van der Waals surface area contributed by atoms with Gasteiger partial charge in [0, 0.05) is 11.6 Å². The number of para-hydroxylation sites is 1. The zero-order valence-corrected chi connectivity index (χ0v) is 20.9. The minimum absolute atomic E-state index is 0.000678. The van der Waals surface area contributed by atoms with Gasteiger partial charge in [0.25, 0.3) is 0 Å². The summed E-state index contributed by atoms with van der Waals surface area (Å²) in [4.78, 5) is 49.5. The highest BCUT2D eigenvalue weighted by molar-refractivity contribution is 6.41. The second kappa shape index (κ2) is 12.8. The Hall–Kier alpha value is -5.28. The highest BCUT2D eigenvalue weighted by atomic mass is 35.5. The van der Waals surface area contributed by atoms with E-state index >= 15 is 0 Å². The summed E-state index contributed by atoms with van der Waals surface area (Å²) in [6, 6.07) is 27.4. The minimum atomic E-state index is -1.05. The Balaban J connectivity index is 1.50. The van der Waals surface area contributed by atoms with E-state index in [2.05, 4.69) is 15.8 Å². The van der Waals surface area contributed by atoms with Gasteiger partial charge >= 0.3 is 23.8 Å². The molecule has 4 rings (SSSR count). The molecule has 0 fully saturated rings. The van der Waals surface area contributed by atoms with Gasteiger partial charge in [0.15, 0.2) is 0 Å². The van der Waals surface area contributed by atoms with Gasteiger partial charge in [0.05, 0.1) is 28.1 Å². The van der Waals surface area contributed by atoms with Crippen molar-refractivity contribution < 1.29 is 28.7 Å². The molecule has 2 amide bonds. The zero-order chi connectivity index (χ0) is 27.6. The minimum Gasteiger partial charge on any atom is -0.423 e. The van der Waals surface area contributed by atoms with Crippen molar-refractivity contribution in [2.24, 2.45) is 5.10 Å². The summed E-state index contributed by atoms with van der Waals surface area (Å²) in [7, 11) is 0. The molecule has 10 heteroatoms. The third kappa shape index (κ3) is 7.37. The molecule has 2 N–H and O–H groups in total. The molecular weight excluding hydrogens is 522 g/mol. The maximum absolute atomic E-state index is 12.7. The molecule has 0 aliphatic heterocycles. The molecule has 0 saturated heterocycles. The quantitative estimate of drug-likeness (QED) is 0.113. The molecule has 0 aliphatic carbocycles. The molecule has 0 aliphatic rings.